The monoisotopic (exact) mass is 629 g/mol. The Hall–Kier alpha value is -2.32. The van der Waals surface area contributed by atoms with Crippen LogP contribution in [0.15, 0.2) is 0 Å². The Kier molecular flexibility index (Phi) is 7.09. The van der Waals surface area contributed by atoms with Gasteiger partial charge in [-0.15, -0.1) is 0 Å². The van der Waals surface area contributed by atoms with Gasteiger partial charge in [-0.05, 0) is 0 Å². The molecular formula is C27H34F3N5O4Se. The van der Waals surface area contributed by atoms with Crippen molar-refractivity contribution in [3.63, 3.8) is 0 Å². The van der Waals surface area contributed by atoms with Crippen LogP contribution in [0, 0.1) is 40.4 Å². The van der Waals surface area contributed by atoms with Crippen LogP contribution in [0.4, 0.5) is 13.2 Å². The second-order valence-electron chi connectivity index (χ2n) is 12.8. The van der Waals surface area contributed by atoms with E-state index < -0.39 is 47.4 Å². The van der Waals surface area contributed by atoms with E-state index in [1.807, 2.05) is 0 Å². The van der Waals surface area contributed by atoms with E-state index in [1.165, 1.54) is 4.90 Å². The van der Waals surface area contributed by atoms with Crippen LogP contribution >= 0.6 is 0 Å². The molecule has 0 aromatic rings. The first-order valence-corrected chi connectivity index (χ1v) is 16.3. The first-order chi connectivity index (χ1) is 19.0. The van der Waals surface area contributed by atoms with Crippen molar-refractivity contribution >= 4 is 38.6 Å². The molecule has 7 fully saturated rings. The number of nitriles is 1. The van der Waals surface area contributed by atoms with Crippen molar-refractivity contribution in [2.75, 3.05) is 6.54 Å². The molecule has 0 spiro atoms. The van der Waals surface area contributed by atoms with Crippen LogP contribution in [-0.4, -0.2) is 79.3 Å². The molecule has 0 radical (unpaired) electrons. The number of hydrogen-bond acceptors (Lipinski definition) is 5. The van der Waals surface area contributed by atoms with E-state index >= 15 is 0 Å². The average Bonchev–Trinajstić information content (AvgIpc) is 3.61. The maximum atomic E-state index is 14.4. The van der Waals surface area contributed by atoms with E-state index in [1.54, 1.807) is 0 Å². The maximum absolute atomic E-state index is 14.4. The fourth-order valence-corrected chi connectivity index (χ4v) is 12.5. The van der Waals surface area contributed by atoms with E-state index in [2.05, 4.69) is 22.0 Å². The van der Waals surface area contributed by atoms with Crippen LogP contribution in [0.2, 0.25) is 4.82 Å². The minimum absolute atomic E-state index is 0.106. The van der Waals surface area contributed by atoms with Gasteiger partial charge >= 0.3 is 237 Å². The van der Waals surface area contributed by atoms with Crippen LogP contribution < -0.4 is 16.0 Å². The number of likely N-dealkylation sites (tertiary alicyclic amines) is 1. The van der Waals surface area contributed by atoms with Crippen LogP contribution in [-0.2, 0) is 19.2 Å². The van der Waals surface area contributed by atoms with Crippen LogP contribution in [0.25, 0.3) is 0 Å². The molecule has 4 saturated carbocycles. The topological polar surface area (TPSA) is 131 Å². The Morgan fingerprint density at radius 1 is 1.07 bits per heavy atom. The van der Waals surface area contributed by atoms with E-state index in [-0.39, 0.29) is 43.0 Å². The van der Waals surface area contributed by atoms with Crippen molar-refractivity contribution in [2.45, 2.75) is 98.3 Å². The zero-order chi connectivity index (χ0) is 28.4. The quantitative estimate of drug-likeness (QED) is 0.369. The number of halogens is 3. The number of carbonyl (C=O) groups is 4. The van der Waals surface area contributed by atoms with Crippen LogP contribution in [0.5, 0.6) is 0 Å². The summed E-state index contributed by atoms with van der Waals surface area (Å²) in [4.78, 5) is 53.4. The van der Waals surface area contributed by atoms with Gasteiger partial charge < -0.3 is 0 Å². The van der Waals surface area contributed by atoms with E-state index in [0.29, 0.717) is 56.4 Å². The van der Waals surface area contributed by atoms with Gasteiger partial charge in [0.05, 0.1) is 0 Å². The van der Waals surface area contributed by atoms with Crippen molar-refractivity contribution in [3.05, 3.63) is 0 Å². The third-order valence-electron chi connectivity index (χ3n) is 10.1. The Morgan fingerprint density at radius 3 is 2.27 bits per heavy atom. The van der Waals surface area contributed by atoms with Crippen molar-refractivity contribution in [2.24, 2.45) is 29.1 Å². The first-order valence-electron chi connectivity index (χ1n) is 14.3. The predicted octanol–water partition coefficient (Wildman–Crippen LogP) is 1.61. The summed E-state index contributed by atoms with van der Waals surface area (Å²) < 4.78 is 40.5. The summed E-state index contributed by atoms with van der Waals surface area (Å²) in [6.07, 6.45) is 1.88. The molecule has 7 rings (SSSR count). The summed E-state index contributed by atoms with van der Waals surface area (Å²) in [5.74, 6) is -2.72. The van der Waals surface area contributed by atoms with E-state index in [4.69, 9.17) is 0 Å². The fourth-order valence-electron chi connectivity index (χ4n) is 8.94. The number of carbonyl (C=O) groups excluding carboxylic acids is 4. The van der Waals surface area contributed by atoms with Gasteiger partial charge in [0, 0.05) is 0 Å². The Bertz CT molecular complexity index is 1110. The average molecular weight is 629 g/mol. The second kappa shape index (κ2) is 10.2. The van der Waals surface area contributed by atoms with Crippen molar-refractivity contribution in [1.82, 2.24) is 20.9 Å². The Labute approximate surface area is 236 Å². The van der Waals surface area contributed by atoms with Crippen molar-refractivity contribution in [3.8, 4) is 6.07 Å². The van der Waals surface area contributed by atoms with Gasteiger partial charge in [0.25, 0.3) is 0 Å². The van der Waals surface area contributed by atoms with E-state index in [0.717, 1.165) is 25.7 Å². The van der Waals surface area contributed by atoms with Crippen LogP contribution in [0.1, 0.15) is 64.2 Å². The van der Waals surface area contributed by atoms with Gasteiger partial charge in [-0.25, -0.2) is 0 Å². The number of hydrogen-bond donors (Lipinski definition) is 3. The summed E-state index contributed by atoms with van der Waals surface area (Å²) >= 11 is -0.106. The number of amides is 4. The number of fused-ring (bicyclic) bond motifs is 2. The molecule has 7 aliphatic rings. The normalized spacial score (nSPS) is 39.0. The molecule has 13 heteroatoms. The van der Waals surface area contributed by atoms with Crippen molar-refractivity contribution in [1.29, 1.82) is 5.26 Å². The fraction of sp³-hybridized carbons (Fsp3) is 0.815. The summed E-state index contributed by atoms with van der Waals surface area (Å²) in [5, 5.41) is 17.3. The third kappa shape index (κ3) is 4.89. The molecule has 0 aromatic heterocycles. The molecule has 6 bridgehead atoms. The molecule has 6 atom stereocenters. The molecule has 4 aliphatic carbocycles. The number of rotatable bonds is 7. The molecule has 3 saturated heterocycles. The first kappa shape index (κ1) is 27.8. The molecule has 4 amide bonds. The molecule has 9 nitrogen and oxygen atoms in total. The molecule has 0 unspecified atom stereocenters. The van der Waals surface area contributed by atoms with Crippen LogP contribution in [0.3, 0.4) is 0 Å². The van der Waals surface area contributed by atoms with Gasteiger partial charge in [0.1, 0.15) is 0 Å². The molecule has 3 heterocycles. The Morgan fingerprint density at radius 2 is 1.73 bits per heavy atom. The standard InChI is InChI=1S/C27H34F3N5O4Se/c28-27(29,30)25(39)34-21(26-9-13-5-14(10-26)7-15(6-13)11-26)24(38)35-19-2-1-18(40-19)20(35)23(37)33-17(12-31)8-16-3-4-32-22(16)36/h13-21H,1-11H2,(H,32,36)(H,33,37)(H,34,39)/t13?,14?,15?,16-,17-,18+,19-,20-,21+,26?/m0/s1. The van der Waals surface area contributed by atoms with Gasteiger partial charge in [0.2, 0.25) is 0 Å². The summed E-state index contributed by atoms with van der Waals surface area (Å²) in [6, 6.07) is -1.10. The van der Waals surface area contributed by atoms with Gasteiger partial charge in [-0.2, -0.15) is 0 Å². The van der Waals surface area contributed by atoms with E-state index in [9.17, 15) is 37.6 Å². The number of nitrogens with zero attached hydrogens (tertiary/aromatic N) is 2. The predicted molar refractivity (Wildman–Crippen MR) is 135 cm³/mol. The molecule has 3 aliphatic heterocycles. The zero-order valence-electron chi connectivity index (χ0n) is 22.0. The SMILES string of the molecule is N#C[C@H](C[C@@H]1CCNC1=O)NC(=O)[C@@H]1[C@H]2CC[C@H]([Se]2)N1C(=O)[C@@H](NC(=O)C(F)(F)F)C12CC3CC(CC(C3)C1)C2. The van der Waals surface area contributed by atoms with Crippen molar-refractivity contribution < 1.29 is 32.3 Å². The number of nitrogens with one attached hydrogen (secondary N) is 3. The third-order valence-corrected chi connectivity index (χ3v) is 13.5. The summed E-state index contributed by atoms with van der Waals surface area (Å²) in [6.45, 7) is 0.516. The Balaban J connectivity index is 1.26. The molecule has 40 heavy (non-hydrogen) atoms. The van der Waals surface area contributed by atoms with Gasteiger partial charge in [0.15, 0.2) is 0 Å². The molecule has 0 aromatic carbocycles. The molecular weight excluding hydrogens is 594 g/mol. The zero-order valence-corrected chi connectivity index (χ0v) is 23.8. The van der Waals surface area contributed by atoms with Gasteiger partial charge in [-0.3, -0.25) is 0 Å². The minimum atomic E-state index is -5.13. The molecule has 3 N–H and O–H groups in total. The molecule has 218 valence electrons. The van der Waals surface area contributed by atoms with Gasteiger partial charge in [-0.1, -0.05) is 0 Å². The second-order valence-corrected chi connectivity index (χ2v) is 15.8. The summed E-state index contributed by atoms with van der Waals surface area (Å²) in [5.41, 5.74) is -0.742. The number of piperidine rings is 1. The summed E-state index contributed by atoms with van der Waals surface area (Å²) in [7, 11) is 0. The number of alkyl halides is 3.